The van der Waals surface area contributed by atoms with Crippen LogP contribution in [0.15, 0.2) is 60.7 Å². The van der Waals surface area contributed by atoms with Crippen molar-refractivity contribution in [2.45, 2.75) is 26.4 Å². The maximum Gasteiger partial charge on any atom is 0.0952 e. The topological polar surface area (TPSA) is 9.23 Å². The Morgan fingerprint density at radius 2 is 1.10 bits per heavy atom. The van der Waals surface area contributed by atoms with Crippen LogP contribution in [0.4, 0.5) is 0 Å². The van der Waals surface area contributed by atoms with Crippen molar-refractivity contribution in [3.05, 3.63) is 71.8 Å². The van der Waals surface area contributed by atoms with Gasteiger partial charge in [0.25, 0.3) is 0 Å². The predicted octanol–water partition coefficient (Wildman–Crippen LogP) is 5.74. The zero-order valence-corrected chi connectivity index (χ0v) is 13.0. The Morgan fingerprint density at radius 1 is 0.700 bits per heavy atom. The monoisotopic (exact) mass is 282 g/mol. The van der Waals surface area contributed by atoms with Crippen molar-refractivity contribution >= 4 is 18.8 Å². The van der Waals surface area contributed by atoms with Gasteiger partial charge in [-0.15, -0.1) is 0 Å². The van der Waals surface area contributed by atoms with Gasteiger partial charge in [-0.2, -0.15) is 0 Å². The Bertz CT molecular complexity index is 574. The molecule has 0 fully saturated rings. The molecular formula is C18H19OP. The third-order valence-corrected chi connectivity index (χ3v) is 5.32. The second-order valence-electron chi connectivity index (χ2n) is 5.93. The van der Waals surface area contributed by atoms with Gasteiger partial charge in [-0.1, -0.05) is 60.7 Å². The average Bonchev–Trinajstić information content (AvgIpc) is 3.12. The van der Waals surface area contributed by atoms with E-state index >= 15 is 0 Å². The van der Waals surface area contributed by atoms with Gasteiger partial charge in [-0.3, -0.25) is 0 Å². The fourth-order valence-corrected chi connectivity index (χ4v) is 4.39. The molecule has 2 heteroatoms. The zero-order valence-electron chi connectivity index (χ0n) is 12.1. The van der Waals surface area contributed by atoms with Crippen molar-refractivity contribution in [1.82, 2.24) is 0 Å². The number of hydrogen-bond donors (Lipinski definition) is 0. The standard InChI is InChI=1S/C18H19OP/c1-18(2,3)19-20-16(14-10-6-4-7-11-14)17(20)15-12-8-5-9-13-15/h4-13H,1-3H3. The van der Waals surface area contributed by atoms with Crippen LogP contribution < -0.4 is 0 Å². The Hall–Kier alpha value is -1.43. The third kappa shape index (κ3) is 2.85. The second kappa shape index (κ2) is 5.16. The van der Waals surface area contributed by atoms with Crippen LogP contribution in [0.3, 0.4) is 0 Å². The molecule has 2 aromatic rings. The Balaban J connectivity index is 1.96. The molecule has 2 aromatic carbocycles. The second-order valence-corrected chi connectivity index (χ2v) is 7.59. The van der Waals surface area contributed by atoms with E-state index in [1.54, 1.807) is 0 Å². The van der Waals surface area contributed by atoms with Crippen LogP contribution >= 0.6 is 8.15 Å². The summed E-state index contributed by atoms with van der Waals surface area (Å²) in [5.41, 5.74) is 2.48. The maximum atomic E-state index is 6.27. The molecule has 0 bridgehead atoms. The molecule has 0 N–H and O–H groups in total. The van der Waals surface area contributed by atoms with Crippen molar-refractivity contribution in [3.63, 3.8) is 0 Å². The summed E-state index contributed by atoms with van der Waals surface area (Å²) in [7, 11) is -0.585. The molecule has 1 aliphatic rings. The van der Waals surface area contributed by atoms with Crippen molar-refractivity contribution in [1.29, 1.82) is 0 Å². The highest BCUT2D eigenvalue weighted by Gasteiger charge is 2.42. The van der Waals surface area contributed by atoms with Crippen LogP contribution in [0.1, 0.15) is 31.9 Å². The van der Waals surface area contributed by atoms with Crippen LogP contribution in [-0.4, -0.2) is 5.60 Å². The molecule has 0 aromatic heterocycles. The minimum atomic E-state index is -0.585. The predicted molar refractivity (Wildman–Crippen MR) is 87.5 cm³/mol. The highest BCUT2D eigenvalue weighted by molar-refractivity contribution is 7.85. The summed E-state index contributed by atoms with van der Waals surface area (Å²) in [6, 6.07) is 21.2. The minimum Gasteiger partial charge on any atom is -0.344 e. The summed E-state index contributed by atoms with van der Waals surface area (Å²) in [6.07, 6.45) is 0. The third-order valence-electron chi connectivity index (χ3n) is 3.04. The van der Waals surface area contributed by atoms with Gasteiger partial charge in [0.2, 0.25) is 0 Å². The van der Waals surface area contributed by atoms with Crippen LogP contribution in [0.2, 0.25) is 0 Å². The van der Waals surface area contributed by atoms with Crippen LogP contribution in [0.5, 0.6) is 0 Å². The molecular weight excluding hydrogens is 263 g/mol. The lowest BCUT2D eigenvalue weighted by Crippen LogP contribution is -2.14. The van der Waals surface area contributed by atoms with E-state index in [0.717, 1.165) is 0 Å². The van der Waals surface area contributed by atoms with Gasteiger partial charge < -0.3 is 4.52 Å². The van der Waals surface area contributed by atoms with E-state index in [-0.39, 0.29) is 5.60 Å². The summed E-state index contributed by atoms with van der Waals surface area (Å²) in [5.74, 6) is 0. The van der Waals surface area contributed by atoms with Crippen LogP contribution in [0, 0.1) is 0 Å². The molecule has 1 nitrogen and oxygen atoms in total. The molecule has 0 aliphatic carbocycles. The average molecular weight is 282 g/mol. The molecule has 0 saturated carbocycles. The van der Waals surface area contributed by atoms with Gasteiger partial charge in [0.1, 0.15) is 0 Å². The van der Waals surface area contributed by atoms with Gasteiger partial charge in [0, 0.05) is 10.6 Å². The Labute approximate surface area is 122 Å². The Morgan fingerprint density at radius 3 is 1.45 bits per heavy atom. The van der Waals surface area contributed by atoms with Gasteiger partial charge in [-0.05, 0) is 31.9 Å². The first kappa shape index (κ1) is 13.5. The van der Waals surface area contributed by atoms with Crippen LogP contribution in [-0.2, 0) is 4.52 Å². The number of hydrogen-bond acceptors (Lipinski definition) is 1. The molecule has 102 valence electrons. The fraction of sp³-hybridized carbons (Fsp3) is 0.222. The lowest BCUT2D eigenvalue weighted by molar-refractivity contribution is 0.157. The van der Waals surface area contributed by atoms with E-state index in [1.807, 2.05) is 0 Å². The van der Waals surface area contributed by atoms with Crippen LogP contribution in [0.25, 0.3) is 10.6 Å². The van der Waals surface area contributed by atoms with Gasteiger partial charge in [-0.25, -0.2) is 0 Å². The van der Waals surface area contributed by atoms with E-state index in [4.69, 9.17) is 4.52 Å². The molecule has 0 spiro atoms. The summed E-state index contributed by atoms with van der Waals surface area (Å²) in [4.78, 5) is 0. The SMILES string of the molecule is CC(C)(C)OP1C(c2ccccc2)=C1c1ccccc1. The highest BCUT2D eigenvalue weighted by Crippen LogP contribution is 2.79. The van der Waals surface area contributed by atoms with Gasteiger partial charge in [0.15, 0.2) is 0 Å². The molecule has 0 saturated heterocycles. The van der Waals surface area contributed by atoms with E-state index < -0.39 is 8.15 Å². The van der Waals surface area contributed by atoms with Gasteiger partial charge in [0.05, 0.1) is 13.7 Å². The molecule has 20 heavy (non-hydrogen) atoms. The first-order chi connectivity index (χ1) is 9.56. The summed E-state index contributed by atoms with van der Waals surface area (Å²) in [6.45, 7) is 6.37. The maximum absolute atomic E-state index is 6.27. The largest absolute Gasteiger partial charge is 0.344 e. The molecule has 1 heterocycles. The fourth-order valence-electron chi connectivity index (χ4n) is 2.22. The lowest BCUT2D eigenvalue weighted by atomic mass is 10.1. The molecule has 0 atom stereocenters. The summed E-state index contributed by atoms with van der Waals surface area (Å²) >= 11 is 0. The molecule has 3 rings (SSSR count). The molecule has 1 aliphatic heterocycles. The first-order valence-electron chi connectivity index (χ1n) is 6.91. The van der Waals surface area contributed by atoms with E-state index in [1.165, 1.54) is 21.8 Å². The van der Waals surface area contributed by atoms with Crippen molar-refractivity contribution in [2.75, 3.05) is 0 Å². The van der Waals surface area contributed by atoms with Crippen molar-refractivity contribution in [3.8, 4) is 0 Å². The molecule has 0 amide bonds. The van der Waals surface area contributed by atoms with E-state index in [9.17, 15) is 0 Å². The molecule has 0 radical (unpaired) electrons. The Kier molecular flexibility index (Phi) is 3.50. The smallest absolute Gasteiger partial charge is 0.0952 e. The number of rotatable bonds is 3. The van der Waals surface area contributed by atoms with Gasteiger partial charge >= 0.3 is 0 Å². The summed E-state index contributed by atoms with van der Waals surface area (Å²) < 4.78 is 6.27. The first-order valence-corrected chi connectivity index (χ1v) is 8.16. The lowest BCUT2D eigenvalue weighted by Gasteiger charge is -2.20. The minimum absolute atomic E-state index is 0.109. The molecule has 0 unspecified atom stereocenters. The van der Waals surface area contributed by atoms with E-state index in [2.05, 4.69) is 81.4 Å². The zero-order chi connectivity index (χ0) is 14.2. The quantitative estimate of drug-likeness (QED) is 0.652. The summed E-state index contributed by atoms with van der Waals surface area (Å²) in [5, 5.41) is 2.78. The highest BCUT2D eigenvalue weighted by atomic mass is 31.1. The van der Waals surface area contributed by atoms with Crippen molar-refractivity contribution in [2.24, 2.45) is 0 Å². The number of benzene rings is 2. The normalized spacial score (nSPS) is 15.6. The van der Waals surface area contributed by atoms with Crippen molar-refractivity contribution < 1.29 is 4.52 Å². The van der Waals surface area contributed by atoms with E-state index in [0.29, 0.717) is 0 Å².